The molecule has 0 unspecified atom stereocenters. The first kappa shape index (κ1) is 12.9. The summed E-state index contributed by atoms with van der Waals surface area (Å²) < 4.78 is 31.5. The van der Waals surface area contributed by atoms with Crippen molar-refractivity contribution >= 4 is 0 Å². The van der Waals surface area contributed by atoms with Crippen LogP contribution in [-0.2, 0) is 10.3 Å². The summed E-state index contributed by atoms with van der Waals surface area (Å²) in [7, 11) is 1.33. The van der Waals surface area contributed by atoms with Crippen LogP contribution in [0.2, 0.25) is 0 Å². The van der Waals surface area contributed by atoms with Gasteiger partial charge in [-0.1, -0.05) is 13.8 Å². The SMILES string of the molecule is COc1c(F)cc(F)cc1C(C)(C)CON. The van der Waals surface area contributed by atoms with Crippen LogP contribution in [-0.4, -0.2) is 13.7 Å². The second kappa shape index (κ2) is 4.76. The fourth-order valence-electron chi connectivity index (χ4n) is 1.56. The van der Waals surface area contributed by atoms with Gasteiger partial charge in [-0.15, -0.1) is 0 Å². The Balaban J connectivity index is 3.30. The van der Waals surface area contributed by atoms with E-state index in [-0.39, 0.29) is 12.4 Å². The van der Waals surface area contributed by atoms with Gasteiger partial charge < -0.3 is 9.57 Å². The predicted octanol–water partition coefficient (Wildman–Crippen LogP) is 2.14. The van der Waals surface area contributed by atoms with E-state index in [1.54, 1.807) is 13.8 Å². The highest BCUT2D eigenvalue weighted by Crippen LogP contribution is 2.34. The van der Waals surface area contributed by atoms with E-state index < -0.39 is 17.0 Å². The van der Waals surface area contributed by atoms with Gasteiger partial charge in [0.2, 0.25) is 0 Å². The zero-order valence-corrected chi connectivity index (χ0v) is 9.51. The van der Waals surface area contributed by atoms with E-state index >= 15 is 0 Å². The first-order valence-electron chi connectivity index (χ1n) is 4.77. The summed E-state index contributed by atoms with van der Waals surface area (Å²) >= 11 is 0. The maximum atomic E-state index is 13.4. The molecule has 0 saturated carbocycles. The molecule has 0 aromatic heterocycles. The lowest BCUT2D eigenvalue weighted by molar-refractivity contribution is 0.0950. The molecule has 0 fully saturated rings. The number of hydrogen-bond acceptors (Lipinski definition) is 3. The number of rotatable bonds is 4. The number of methoxy groups -OCH3 is 1. The van der Waals surface area contributed by atoms with Gasteiger partial charge in [-0.25, -0.2) is 14.7 Å². The molecule has 0 bridgehead atoms. The third kappa shape index (κ3) is 2.48. The van der Waals surface area contributed by atoms with E-state index in [0.29, 0.717) is 5.56 Å². The lowest BCUT2D eigenvalue weighted by Gasteiger charge is -2.26. The molecule has 0 saturated heterocycles. The van der Waals surface area contributed by atoms with Crippen LogP contribution in [0.5, 0.6) is 5.75 Å². The molecule has 1 aromatic carbocycles. The maximum absolute atomic E-state index is 13.4. The molecular weight excluding hydrogens is 216 g/mol. The summed E-state index contributed by atoms with van der Waals surface area (Å²) in [6.07, 6.45) is 0. The van der Waals surface area contributed by atoms with Gasteiger partial charge in [-0.3, -0.25) is 0 Å². The quantitative estimate of drug-likeness (QED) is 0.807. The second-order valence-electron chi connectivity index (χ2n) is 4.16. The smallest absolute Gasteiger partial charge is 0.168 e. The molecule has 5 heteroatoms. The molecule has 3 nitrogen and oxygen atoms in total. The molecule has 0 spiro atoms. The predicted molar refractivity (Wildman–Crippen MR) is 56.1 cm³/mol. The molecular formula is C11H15F2NO2. The number of benzene rings is 1. The average molecular weight is 231 g/mol. The molecule has 0 amide bonds. The van der Waals surface area contributed by atoms with E-state index in [9.17, 15) is 8.78 Å². The van der Waals surface area contributed by atoms with Crippen molar-refractivity contribution in [3.05, 3.63) is 29.3 Å². The van der Waals surface area contributed by atoms with Crippen molar-refractivity contribution in [1.29, 1.82) is 0 Å². The standard InChI is InChI=1S/C11H15F2NO2/c1-11(2,6-16-14)8-4-7(12)5-9(13)10(8)15-3/h4-5H,6,14H2,1-3H3. The number of nitrogens with two attached hydrogens (primary N) is 1. The summed E-state index contributed by atoms with van der Waals surface area (Å²) in [5.74, 6) is 3.62. The molecule has 90 valence electrons. The van der Waals surface area contributed by atoms with Crippen molar-refractivity contribution in [2.24, 2.45) is 5.90 Å². The number of ether oxygens (including phenoxy) is 1. The molecule has 0 aliphatic carbocycles. The third-order valence-corrected chi connectivity index (χ3v) is 2.39. The monoisotopic (exact) mass is 231 g/mol. The van der Waals surface area contributed by atoms with Gasteiger partial charge in [0.25, 0.3) is 0 Å². The Morgan fingerprint density at radius 2 is 1.94 bits per heavy atom. The summed E-state index contributed by atoms with van der Waals surface area (Å²) in [4.78, 5) is 4.54. The molecule has 0 aliphatic rings. The van der Waals surface area contributed by atoms with Crippen LogP contribution in [0.1, 0.15) is 19.4 Å². The van der Waals surface area contributed by atoms with Crippen molar-refractivity contribution in [2.75, 3.05) is 13.7 Å². The van der Waals surface area contributed by atoms with Gasteiger partial charge in [0.1, 0.15) is 5.82 Å². The summed E-state index contributed by atoms with van der Waals surface area (Å²) in [5.41, 5.74) is -0.249. The van der Waals surface area contributed by atoms with E-state index in [1.165, 1.54) is 13.2 Å². The first-order chi connectivity index (χ1) is 7.42. The average Bonchev–Trinajstić information content (AvgIpc) is 2.16. The lowest BCUT2D eigenvalue weighted by atomic mass is 9.84. The van der Waals surface area contributed by atoms with E-state index in [4.69, 9.17) is 10.6 Å². The van der Waals surface area contributed by atoms with Crippen LogP contribution in [0.25, 0.3) is 0 Å². The van der Waals surface area contributed by atoms with Gasteiger partial charge in [0.15, 0.2) is 11.6 Å². The Labute approximate surface area is 93.1 Å². The van der Waals surface area contributed by atoms with Crippen molar-refractivity contribution in [3.63, 3.8) is 0 Å². The zero-order chi connectivity index (χ0) is 12.3. The molecule has 0 heterocycles. The van der Waals surface area contributed by atoms with Crippen LogP contribution < -0.4 is 10.6 Å². The van der Waals surface area contributed by atoms with Crippen LogP contribution in [0, 0.1) is 11.6 Å². The highest BCUT2D eigenvalue weighted by Gasteiger charge is 2.27. The Morgan fingerprint density at radius 3 is 2.44 bits per heavy atom. The Bertz CT molecular complexity index is 380. The van der Waals surface area contributed by atoms with Gasteiger partial charge in [-0.05, 0) is 6.07 Å². The maximum Gasteiger partial charge on any atom is 0.168 e. The Kier molecular flexibility index (Phi) is 3.83. The molecule has 0 radical (unpaired) electrons. The Morgan fingerprint density at radius 1 is 1.31 bits per heavy atom. The molecule has 1 aromatic rings. The van der Waals surface area contributed by atoms with Crippen LogP contribution in [0.4, 0.5) is 8.78 Å². The van der Waals surface area contributed by atoms with E-state index in [2.05, 4.69) is 4.84 Å². The van der Waals surface area contributed by atoms with Crippen LogP contribution in [0.15, 0.2) is 12.1 Å². The molecule has 1 rings (SSSR count). The molecule has 16 heavy (non-hydrogen) atoms. The summed E-state index contributed by atoms with van der Waals surface area (Å²) in [5, 5.41) is 0. The largest absolute Gasteiger partial charge is 0.493 e. The minimum absolute atomic E-state index is 0.0171. The van der Waals surface area contributed by atoms with Crippen molar-refractivity contribution < 1.29 is 18.4 Å². The highest BCUT2D eigenvalue weighted by molar-refractivity contribution is 5.40. The second-order valence-corrected chi connectivity index (χ2v) is 4.16. The van der Waals surface area contributed by atoms with Crippen LogP contribution >= 0.6 is 0 Å². The Hall–Kier alpha value is -1.20. The highest BCUT2D eigenvalue weighted by atomic mass is 19.1. The first-order valence-corrected chi connectivity index (χ1v) is 4.77. The summed E-state index contributed by atoms with van der Waals surface area (Å²) in [6, 6.07) is 2.00. The molecule has 0 atom stereocenters. The van der Waals surface area contributed by atoms with Gasteiger partial charge in [0.05, 0.1) is 13.7 Å². The fraction of sp³-hybridized carbons (Fsp3) is 0.455. The van der Waals surface area contributed by atoms with Crippen molar-refractivity contribution in [1.82, 2.24) is 0 Å². The number of hydrogen-bond donors (Lipinski definition) is 1. The van der Waals surface area contributed by atoms with Crippen molar-refractivity contribution in [3.8, 4) is 5.75 Å². The fourth-order valence-corrected chi connectivity index (χ4v) is 1.56. The minimum Gasteiger partial charge on any atom is -0.493 e. The van der Waals surface area contributed by atoms with Crippen LogP contribution in [0.3, 0.4) is 0 Å². The minimum atomic E-state index is -0.734. The zero-order valence-electron chi connectivity index (χ0n) is 9.51. The number of halogens is 2. The normalized spacial score (nSPS) is 11.6. The lowest BCUT2D eigenvalue weighted by Crippen LogP contribution is -2.27. The topological polar surface area (TPSA) is 44.5 Å². The summed E-state index contributed by atoms with van der Waals surface area (Å²) in [6.45, 7) is 3.65. The molecule has 0 aliphatic heterocycles. The van der Waals surface area contributed by atoms with Gasteiger partial charge in [-0.2, -0.15) is 0 Å². The third-order valence-electron chi connectivity index (χ3n) is 2.39. The van der Waals surface area contributed by atoms with Crippen molar-refractivity contribution in [2.45, 2.75) is 19.3 Å². The van der Waals surface area contributed by atoms with E-state index in [1.807, 2.05) is 0 Å². The molecule has 2 N–H and O–H groups in total. The van der Waals surface area contributed by atoms with Gasteiger partial charge >= 0.3 is 0 Å². The van der Waals surface area contributed by atoms with Gasteiger partial charge in [0, 0.05) is 17.0 Å². The van der Waals surface area contributed by atoms with E-state index in [0.717, 1.165) is 6.07 Å².